The smallest absolute Gasteiger partial charge is 0.287 e. The van der Waals surface area contributed by atoms with Crippen molar-refractivity contribution in [2.75, 3.05) is 0 Å². The van der Waals surface area contributed by atoms with E-state index in [-0.39, 0.29) is 34.3 Å². The highest BCUT2D eigenvalue weighted by Crippen LogP contribution is 2.20. The highest BCUT2D eigenvalue weighted by molar-refractivity contribution is 7.90. The number of hydrogen-bond donors (Lipinski definition) is 1. The summed E-state index contributed by atoms with van der Waals surface area (Å²) in [5.74, 6) is -2.00. The zero-order valence-corrected chi connectivity index (χ0v) is 18.0. The summed E-state index contributed by atoms with van der Waals surface area (Å²) in [5.41, 5.74) is 1.31. The van der Waals surface area contributed by atoms with Crippen LogP contribution in [0.15, 0.2) is 63.9 Å². The third kappa shape index (κ3) is 6.24. The molecule has 1 heterocycles. The van der Waals surface area contributed by atoms with Gasteiger partial charge in [0.1, 0.15) is 23.1 Å². The molecule has 0 saturated carbocycles. The molecule has 0 bridgehead atoms. The number of carbonyl (C=O) groups is 1. The van der Waals surface area contributed by atoms with E-state index in [4.69, 9.17) is 4.42 Å². The highest BCUT2D eigenvalue weighted by atomic mass is 32.2. The first-order chi connectivity index (χ1) is 14.6. The Morgan fingerprint density at radius 2 is 1.61 bits per heavy atom. The fourth-order valence-electron chi connectivity index (χ4n) is 3.13. The Morgan fingerprint density at radius 3 is 2.23 bits per heavy atom. The van der Waals surface area contributed by atoms with E-state index < -0.39 is 27.4 Å². The number of benzene rings is 2. The minimum atomic E-state index is -3.64. The lowest BCUT2D eigenvalue weighted by Gasteiger charge is -2.07. The van der Waals surface area contributed by atoms with E-state index >= 15 is 0 Å². The first-order valence-corrected chi connectivity index (χ1v) is 11.4. The molecule has 3 aromatic rings. The number of nitrogens with one attached hydrogen (secondary N) is 1. The number of hydrogen-bond acceptors (Lipinski definition) is 4. The number of halogens is 2. The Bertz CT molecular complexity index is 1150. The van der Waals surface area contributed by atoms with Crippen LogP contribution in [0.2, 0.25) is 0 Å². The first-order valence-electron chi connectivity index (χ1n) is 9.76. The van der Waals surface area contributed by atoms with E-state index in [0.717, 1.165) is 30.2 Å². The molecule has 3 rings (SSSR count). The Balaban J connectivity index is 1.63. The molecule has 0 fully saturated rings. The van der Waals surface area contributed by atoms with Gasteiger partial charge in [0.2, 0.25) is 0 Å². The summed E-state index contributed by atoms with van der Waals surface area (Å²) in [7, 11) is -3.64. The van der Waals surface area contributed by atoms with Crippen molar-refractivity contribution < 1.29 is 26.4 Å². The van der Waals surface area contributed by atoms with Gasteiger partial charge >= 0.3 is 0 Å². The van der Waals surface area contributed by atoms with Crippen molar-refractivity contribution in [3.63, 3.8) is 0 Å². The van der Waals surface area contributed by atoms with Crippen molar-refractivity contribution in [2.45, 2.75) is 37.5 Å². The molecule has 0 aliphatic carbocycles. The van der Waals surface area contributed by atoms with Crippen molar-refractivity contribution in [3.05, 3.63) is 88.9 Å². The van der Waals surface area contributed by atoms with Gasteiger partial charge in [0.05, 0.1) is 4.90 Å². The van der Waals surface area contributed by atoms with Crippen LogP contribution in [0.5, 0.6) is 0 Å². The Morgan fingerprint density at radius 1 is 0.968 bits per heavy atom. The minimum Gasteiger partial charge on any atom is -0.455 e. The van der Waals surface area contributed by atoms with E-state index in [2.05, 4.69) is 19.2 Å². The van der Waals surface area contributed by atoms with Gasteiger partial charge in [0, 0.05) is 12.6 Å². The van der Waals surface area contributed by atoms with E-state index in [1.54, 1.807) is 24.3 Å². The van der Waals surface area contributed by atoms with Gasteiger partial charge in [-0.25, -0.2) is 17.2 Å². The zero-order chi connectivity index (χ0) is 22.6. The van der Waals surface area contributed by atoms with Crippen LogP contribution in [-0.4, -0.2) is 14.3 Å². The largest absolute Gasteiger partial charge is 0.455 e. The number of amides is 1. The summed E-state index contributed by atoms with van der Waals surface area (Å²) < 4.78 is 57.1. The normalized spacial score (nSPS) is 11.6. The number of sulfone groups is 1. The van der Waals surface area contributed by atoms with Crippen LogP contribution in [0, 0.1) is 17.6 Å². The Hall–Kier alpha value is -3.00. The molecule has 1 amide bonds. The molecule has 1 N–H and O–H groups in total. The molecule has 0 radical (unpaired) electrons. The summed E-state index contributed by atoms with van der Waals surface area (Å²) in [6, 6.07) is 12.5. The summed E-state index contributed by atoms with van der Waals surface area (Å²) in [4.78, 5) is 12.4. The van der Waals surface area contributed by atoms with Crippen molar-refractivity contribution in [1.29, 1.82) is 0 Å². The van der Waals surface area contributed by atoms with Gasteiger partial charge in [-0.15, -0.1) is 0 Å². The SMILES string of the molecule is CC(C)Cc1ccc(S(=O)(=O)Cc2ccc(C(=O)NCc3cc(F)cc(F)c3)o2)cc1. The molecule has 8 heteroatoms. The van der Waals surface area contributed by atoms with E-state index in [1.165, 1.54) is 12.1 Å². The monoisotopic (exact) mass is 447 g/mol. The second-order valence-corrected chi connectivity index (χ2v) is 9.72. The first kappa shape index (κ1) is 22.7. The van der Waals surface area contributed by atoms with Crippen LogP contribution in [0.25, 0.3) is 0 Å². The summed E-state index contributed by atoms with van der Waals surface area (Å²) in [6.45, 7) is 4.07. The van der Waals surface area contributed by atoms with Gasteiger partial charge in [0.25, 0.3) is 5.91 Å². The van der Waals surface area contributed by atoms with E-state index in [1.807, 2.05) is 0 Å². The van der Waals surface area contributed by atoms with Crippen LogP contribution in [0.1, 0.15) is 41.3 Å². The maximum atomic E-state index is 13.2. The van der Waals surface area contributed by atoms with E-state index in [0.29, 0.717) is 5.92 Å². The average molecular weight is 448 g/mol. The Labute approximate surface area is 180 Å². The van der Waals surface area contributed by atoms with Crippen LogP contribution in [0.4, 0.5) is 8.78 Å². The molecule has 0 atom stereocenters. The van der Waals surface area contributed by atoms with E-state index in [9.17, 15) is 22.0 Å². The lowest BCUT2D eigenvalue weighted by molar-refractivity contribution is 0.0921. The third-order valence-electron chi connectivity index (χ3n) is 4.52. The fourth-order valence-corrected chi connectivity index (χ4v) is 4.38. The third-order valence-corrected chi connectivity index (χ3v) is 6.17. The summed E-state index contributed by atoms with van der Waals surface area (Å²) >= 11 is 0. The molecule has 0 unspecified atom stereocenters. The van der Waals surface area contributed by atoms with Gasteiger partial charge < -0.3 is 9.73 Å². The molecule has 0 aliphatic rings. The predicted molar refractivity (Wildman–Crippen MR) is 112 cm³/mol. The number of carbonyl (C=O) groups excluding carboxylic acids is 1. The average Bonchev–Trinajstić information content (AvgIpc) is 3.13. The van der Waals surface area contributed by atoms with Crippen LogP contribution >= 0.6 is 0 Å². The maximum absolute atomic E-state index is 13.2. The molecular weight excluding hydrogens is 424 g/mol. The highest BCUT2D eigenvalue weighted by Gasteiger charge is 2.19. The molecule has 1 aromatic heterocycles. The summed E-state index contributed by atoms with van der Waals surface area (Å²) in [6.07, 6.45) is 0.860. The fraction of sp³-hybridized carbons (Fsp3) is 0.261. The van der Waals surface area contributed by atoms with Crippen molar-refractivity contribution in [1.82, 2.24) is 5.32 Å². The van der Waals surface area contributed by atoms with Gasteiger partial charge in [-0.2, -0.15) is 0 Å². The minimum absolute atomic E-state index is 0.0886. The quantitative estimate of drug-likeness (QED) is 0.545. The molecule has 2 aromatic carbocycles. The maximum Gasteiger partial charge on any atom is 0.287 e. The summed E-state index contributed by atoms with van der Waals surface area (Å²) in [5, 5.41) is 2.48. The number of furan rings is 1. The second-order valence-electron chi connectivity index (χ2n) is 7.73. The van der Waals surface area contributed by atoms with Gasteiger partial charge in [0.15, 0.2) is 15.6 Å². The second kappa shape index (κ2) is 9.43. The predicted octanol–water partition coefficient (Wildman–Crippen LogP) is 4.66. The van der Waals surface area contributed by atoms with Crippen molar-refractivity contribution >= 4 is 15.7 Å². The molecule has 31 heavy (non-hydrogen) atoms. The molecule has 5 nitrogen and oxygen atoms in total. The zero-order valence-electron chi connectivity index (χ0n) is 17.2. The molecular formula is C23H23F2NO4S. The van der Waals surface area contributed by atoms with Crippen LogP contribution < -0.4 is 5.32 Å². The van der Waals surface area contributed by atoms with Crippen molar-refractivity contribution in [2.24, 2.45) is 5.92 Å². The standard InChI is InChI=1S/C23H23F2NO4S/c1-15(2)9-16-3-6-21(7-4-16)31(28,29)14-20-5-8-22(30-20)23(27)26-13-17-10-18(24)12-19(25)11-17/h3-8,10-12,15H,9,13-14H2,1-2H3,(H,26,27). The lowest BCUT2D eigenvalue weighted by Crippen LogP contribution is -2.22. The van der Waals surface area contributed by atoms with Gasteiger partial charge in [-0.05, 0) is 59.9 Å². The van der Waals surface area contributed by atoms with Gasteiger partial charge in [-0.1, -0.05) is 26.0 Å². The topological polar surface area (TPSA) is 76.4 Å². The van der Waals surface area contributed by atoms with Crippen LogP contribution in [-0.2, 0) is 28.6 Å². The molecule has 0 spiro atoms. The molecule has 164 valence electrons. The van der Waals surface area contributed by atoms with Gasteiger partial charge in [-0.3, -0.25) is 4.79 Å². The van der Waals surface area contributed by atoms with Crippen LogP contribution in [0.3, 0.4) is 0 Å². The lowest BCUT2D eigenvalue weighted by atomic mass is 10.0. The van der Waals surface area contributed by atoms with Crippen molar-refractivity contribution in [3.8, 4) is 0 Å². The Kier molecular flexibility index (Phi) is 6.90. The number of rotatable bonds is 8. The molecule has 0 aliphatic heterocycles. The molecule has 0 saturated heterocycles.